The highest BCUT2D eigenvalue weighted by atomic mass is 16.6. The predicted octanol–water partition coefficient (Wildman–Crippen LogP) is 11.1. The van der Waals surface area contributed by atoms with Gasteiger partial charge in [0.2, 0.25) is 0 Å². The quantitative estimate of drug-likeness (QED) is 0.0358. The maximum atomic E-state index is 13.8. The lowest BCUT2D eigenvalue weighted by molar-refractivity contribution is -0.228. The molecule has 0 amide bonds. The number of rotatable bonds is 27. The Morgan fingerprint density at radius 2 is 1.33 bits per heavy atom. The Morgan fingerprint density at radius 3 is 1.93 bits per heavy atom. The summed E-state index contributed by atoms with van der Waals surface area (Å²) in [5.41, 5.74) is -4.88. The number of unbranched alkanes of at least 4 members (excludes halogenated alkanes) is 13. The number of allylic oxidation sites excluding steroid dienone is 6. The number of Topliss-reactive ketones (excluding diaryl/α,β-unsaturated/α-hetero) is 1. The molecule has 0 saturated heterocycles. The minimum absolute atomic E-state index is 0.124. The van der Waals surface area contributed by atoms with Gasteiger partial charge in [-0.2, -0.15) is 0 Å². The number of ketones is 1. The van der Waals surface area contributed by atoms with E-state index in [-0.39, 0.29) is 31.8 Å². The zero-order valence-corrected chi connectivity index (χ0v) is 38.8. The van der Waals surface area contributed by atoms with Crippen molar-refractivity contribution in [3.63, 3.8) is 0 Å². The van der Waals surface area contributed by atoms with Crippen LogP contribution in [0, 0.1) is 29.1 Å². The van der Waals surface area contributed by atoms with Crippen molar-refractivity contribution in [1.29, 1.82) is 0 Å². The summed E-state index contributed by atoms with van der Waals surface area (Å²) in [5.74, 6) is -4.88. The molecule has 4 rings (SSSR count). The van der Waals surface area contributed by atoms with Crippen LogP contribution >= 0.6 is 0 Å². The van der Waals surface area contributed by atoms with E-state index in [1.807, 2.05) is 19.9 Å². The van der Waals surface area contributed by atoms with Gasteiger partial charge in [0.05, 0.1) is 5.60 Å². The summed E-state index contributed by atoms with van der Waals surface area (Å²) >= 11 is 0. The Bertz CT molecular complexity index is 1630. The van der Waals surface area contributed by atoms with Crippen molar-refractivity contribution in [2.45, 2.75) is 206 Å². The molecule has 4 aliphatic rings. The summed E-state index contributed by atoms with van der Waals surface area (Å²) in [7, 11) is 0. The third-order valence-corrected chi connectivity index (χ3v) is 14.3. The molecule has 0 heterocycles. The van der Waals surface area contributed by atoms with E-state index in [4.69, 9.17) is 14.2 Å². The maximum Gasteiger partial charge on any atom is 0.306 e. The van der Waals surface area contributed by atoms with Gasteiger partial charge < -0.3 is 24.4 Å². The third-order valence-electron chi connectivity index (χ3n) is 14.3. The Hall–Kier alpha value is -3.30. The summed E-state index contributed by atoms with van der Waals surface area (Å²) in [5, 5.41) is 25.5. The molecule has 0 aliphatic heterocycles. The monoisotopic (exact) mass is 849 g/mol. The molecular weight excluding hydrogens is 769 g/mol. The lowest BCUT2D eigenvalue weighted by Gasteiger charge is -2.53. The molecule has 0 bridgehead atoms. The highest BCUT2D eigenvalue weighted by molar-refractivity contribution is 6.04. The second kappa shape index (κ2) is 23.4. The van der Waals surface area contributed by atoms with Crippen LogP contribution < -0.4 is 0 Å². The van der Waals surface area contributed by atoms with Gasteiger partial charge in [-0.25, -0.2) is 0 Å². The minimum atomic E-state index is -2.00. The molecule has 342 valence electrons. The Labute approximate surface area is 367 Å². The fourth-order valence-corrected chi connectivity index (χ4v) is 11.0. The van der Waals surface area contributed by atoms with E-state index in [2.05, 4.69) is 50.3 Å². The van der Waals surface area contributed by atoms with Crippen LogP contribution in [-0.2, 0) is 33.4 Å². The fraction of sp³-hybridized carbons (Fsp3) is 0.731. The summed E-state index contributed by atoms with van der Waals surface area (Å²) in [6, 6.07) is 0. The Morgan fingerprint density at radius 1 is 0.770 bits per heavy atom. The first-order valence-corrected chi connectivity index (χ1v) is 24.0. The minimum Gasteiger partial charge on any atom is -0.461 e. The van der Waals surface area contributed by atoms with Crippen molar-refractivity contribution in [3.05, 3.63) is 59.8 Å². The third kappa shape index (κ3) is 12.0. The number of carbonyl (C=O) groups excluding carboxylic acids is 4. The number of hydrogen-bond acceptors (Lipinski definition) is 9. The van der Waals surface area contributed by atoms with Crippen LogP contribution in [0.25, 0.3) is 0 Å². The molecular formula is C52H80O9. The van der Waals surface area contributed by atoms with E-state index >= 15 is 0 Å². The predicted molar refractivity (Wildman–Crippen MR) is 241 cm³/mol. The largest absolute Gasteiger partial charge is 0.461 e. The maximum absolute atomic E-state index is 13.8. The molecule has 8 unspecified atom stereocenters. The average molecular weight is 849 g/mol. The lowest BCUT2D eigenvalue weighted by atomic mass is 9.59. The first-order chi connectivity index (χ1) is 29.1. The molecule has 0 aromatic rings. The topological polar surface area (TPSA) is 136 Å². The van der Waals surface area contributed by atoms with Gasteiger partial charge in [0.15, 0.2) is 11.4 Å². The summed E-state index contributed by atoms with van der Waals surface area (Å²) in [4.78, 5) is 53.3. The van der Waals surface area contributed by atoms with E-state index in [1.165, 1.54) is 39.0 Å². The average Bonchev–Trinajstić information content (AvgIpc) is 3.64. The van der Waals surface area contributed by atoms with Gasteiger partial charge >= 0.3 is 17.9 Å². The number of ether oxygens (including phenoxy) is 3. The zero-order chi connectivity index (χ0) is 44.7. The molecule has 0 aromatic heterocycles. The SMILES string of the molecule is CCC=CCC=CCC=CCCCCCCCC(=O)OCC1=CC2C3C(C)(C)C3(OC(C)=O)C(OC(=O)CCCCCCCCCCC)C(C)C2(O)C2C=C(C)C(=O)C2(O)C1. The van der Waals surface area contributed by atoms with E-state index in [0.717, 1.165) is 70.6 Å². The van der Waals surface area contributed by atoms with E-state index < -0.39 is 69.7 Å². The first-order valence-electron chi connectivity index (χ1n) is 24.0. The summed E-state index contributed by atoms with van der Waals surface area (Å²) < 4.78 is 18.3. The molecule has 9 nitrogen and oxygen atoms in total. The van der Waals surface area contributed by atoms with Gasteiger partial charge in [0.1, 0.15) is 18.3 Å². The molecule has 2 N–H and O–H groups in total. The molecule has 9 heteroatoms. The van der Waals surface area contributed by atoms with Gasteiger partial charge in [-0.3, -0.25) is 19.2 Å². The Kier molecular flexibility index (Phi) is 19.3. The van der Waals surface area contributed by atoms with Crippen molar-refractivity contribution in [2.75, 3.05) is 6.61 Å². The molecule has 2 fully saturated rings. The zero-order valence-electron chi connectivity index (χ0n) is 38.8. The first kappa shape index (κ1) is 50.3. The van der Waals surface area contributed by atoms with Gasteiger partial charge in [0, 0.05) is 55.3 Å². The number of esters is 3. The molecule has 2 saturated carbocycles. The number of hydrogen-bond donors (Lipinski definition) is 2. The van der Waals surface area contributed by atoms with Gasteiger partial charge in [-0.1, -0.05) is 154 Å². The highest BCUT2D eigenvalue weighted by Crippen LogP contribution is 2.77. The van der Waals surface area contributed by atoms with E-state index in [9.17, 15) is 29.4 Å². The fourth-order valence-electron chi connectivity index (χ4n) is 11.0. The van der Waals surface area contributed by atoms with Crippen LogP contribution in [-0.4, -0.2) is 63.4 Å². The van der Waals surface area contributed by atoms with Crippen LogP contribution in [0.3, 0.4) is 0 Å². The van der Waals surface area contributed by atoms with Crippen LogP contribution in [0.4, 0.5) is 0 Å². The van der Waals surface area contributed by atoms with Crippen LogP contribution in [0.2, 0.25) is 0 Å². The molecule has 0 spiro atoms. The van der Waals surface area contributed by atoms with Gasteiger partial charge in [-0.05, 0) is 63.0 Å². The molecule has 4 aliphatic carbocycles. The van der Waals surface area contributed by atoms with Crippen LogP contribution in [0.5, 0.6) is 0 Å². The van der Waals surface area contributed by atoms with Crippen molar-refractivity contribution < 1.29 is 43.6 Å². The molecule has 61 heavy (non-hydrogen) atoms. The number of carbonyl (C=O) groups is 4. The molecule has 0 aromatic carbocycles. The summed E-state index contributed by atoms with van der Waals surface area (Å²) in [6.45, 7) is 12.9. The lowest BCUT2D eigenvalue weighted by Crippen LogP contribution is -2.66. The second-order valence-electron chi connectivity index (χ2n) is 19.1. The van der Waals surface area contributed by atoms with Crippen molar-refractivity contribution in [1.82, 2.24) is 0 Å². The summed E-state index contributed by atoms with van der Waals surface area (Å²) in [6.07, 6.45) is 34.9. The second-order valence-corrected chi connectivity index (χ2v) is 19.1. The Balaban J connectivity index is 1.39. The van der Waals surface area contributed by atoms with Crippen LogP contribution in [0.1, 0.15) is 183 Å². The van der Waals surface area contributed by atoms with E-state index in [0.29, 0.717) is 24.0 Å². The van der Waals surface area contributed by atoms with Crippen molar-refractivity contribution in [3.8, 4) is 0 Å². The highest BCUT2D eigenvalue weighted by Gasteiger charge is 2.87. The van der Waals surface area contributed by atoms with Crippen molar-refractivity contribution in [2.24, 2.45) is 29.1 Å². The normalized spacial score (nSPS) is 30.1. The number of fused-ring (bicyclic) bond motifs is 5. The van der Waals surface area contributed by atoms with E-state index in [1.54, 1.807) is 19.9 Å². The smallest absolute Gasteiger partial charge is 0.306 e. The van der Waals surface area contributed by atoms with Crippen LogP contribution in [0.15, 0.2) is 59.8 Å². The molecule has 0 radical (unpaired) electrons. The molecule has 8 atom stereocenters. The number of aliphatic hydroxyl groups is 2. The van der Waals surface area contributed by atoms with Gasteiger partial charge in [-0.15, -0.1) is 0 Å². The standard InChI is InChI=1S/C52H80O9/c1-8-10-12-14-16-18-19-20-21-22-23-25-26-28-30-32-44(54)59-37-41-35-42-46-49(6,7)52(46,61-40(5)53)48(60-45(55)33-31-29-27-24-17-15-13-11-9-2)39(4)51(42,58)43-34-38(3)47(56)50(43,57)36-41/h10,12,16,18,20-21,34-35,39,42-43,46,48,57-58H,8-9,11,13-15,17,19,22-33,36-37H2,1-7H3. The van der Waals surface area contributed by atoms with Crippen molar-refractivity contribution >= 4 is 23.7 Å². The van der Waals surface area contributed by atoms with Gasteiger partial charge in [0.25, 0.3) is 0 Å².